The molecular formula is C18H24N2O3. The van der Waals surface area contributed by atoms with E-state index in [0.29, 0.717) is 13.2 Å². The lowest BCUT2D eigenvalue weighted by Gasteiger charge is -2.25. The second kappa shape index (κ2) is 7.51. The van der Waals surface area contributed by atoms with Gasteiger partial charge in [0.15, 0.2) is 0 Å². The molecule has 0 aliphatic carbocycles. The normalized spacial score (nSPS) is 21.0. The van der Waals surface area contributed by atoms with Crippen molar-refractivity contribution in [3.8, 4) is 5.75 Å². The first kappa shape index (κ1) is 15.9. The highest BCUT2D eigenvalue weighted by Crippen LogP contribution is 2.20. The number of amides is 2. The third kappa shape index (κ3) is 4.48. The van der Waals surface area contributed by atoms with Gasteiger partial charge in [0.1, 0.15) is 12.4 Å². The average molecular weight is 316 g/mol. The summed E-state index contributed by atoms with van der Waals surface area (Å²) in [5.41, 5.74) is 2.10. The molecule has 5 heteroatoms. The molecule has 1 atom stereocenters. The smallest absolute Gasteiger partial charge is 0.322 e. The second-order valence-corrected chi connectivity index (χ2v) is 6.15. The molecule has 0 bridgehead atoms. The molecule has 3 rings (SSSR count). The van der Waals surface area contributed by atoms with Crippen LogP contribution in [-0.4, -0.2) is 43.3 Å². The van der Waals surface area contributed by atoms with Gasteiger partial charge >= 0.3 is 6.03 Å². The molecule has 2 amide bonds. The van der Waals surface area contributed by atoms with Crippen LogP contribution >= 0.6 is 0 Å². The van der Waals surface area contributed by atoms with Gasteiger partial charge in [0.25, 0.3) is 0 Å². The highest BCUT2D eigenvalue weighted by molar-refractivity contribution is 5.89. The zero-order valence-corrected chi connectivity index (χ0v) is 13.6. The van der Waals surface area contributed by atoms with Crippen molar-refractivity contribution in [3.63, 3.8) is 0 Å². The second-order valence-electron chi connectivity index (χ2n) is 6.15. The van der Waals surface area contributed by atoms with E-state index in [4.69, 9.17) is 9.47 Å². The van der Waals surface area contributed by atoms with Gasteiger partial charge in [-0.3, -0.25) is 0 Å². The van der Waals surface area contributed by atoms with Crippen LogP contribution in [-0.2, 0) is 4.74 Å². The fraction of sp³-hybridized carbons (Fsp3) is 0.500. The summed E-state index contributed by atoms with van der Waals surface area (Å²) in [5.74, 6) is 0.757. The van der Waals surface area contributed by atoms with Crippen molar-refractivity contribution in [1.29, 1.82) is 0 Å². The monoisotopic (exact) mass is 316 g/mol. The maximum absolute atomic E-state index is 12.3. The number of ether oxygens (including phenoxy) is 2. The number of carbonyl (C=O) groups excluding carboxylic acids is 1. The first-order chi connectivity index (χ1) is 11.2. The summed E-state index contributed by atoms with van der Waals surface area (Å²) in [7, 11) is 0. The molecule has 0 aromatic heterocycles. The maximum Gasteiger partial charge on any atom is 0.322 e. The first-order valence-corrected chi connectivity index (χ1v) is 8.27. The summed E-state index contributed by atoms with van der Waals surface area (Å²) < 4.78 is 11.3. The first-order valence-electron chi connectivity index (χ1n) is 8.27. The van der Waals surface area contributed by atoms with E-state index in [-0.39, 0.29) is 12.1 Å². The fourth-order valence-corrected chi connectivity index (χ4v) is 2.79. The topological polar surface area (TPSA) is 50.8 Å². The summed E-state index contributed by atoms with van der Waals surface area (Å²) in [5, 5.41) is 2.94. The van der Waals surface area contributed by atoms with E-state index >= 15 is 0 Å². The highest BCUT2D eigenvalue weighted by Gasteiger charge is 2.17. The lowest BCUT2D eigenvalue weighted by atomic mass is 10.1. The number of urea groups is 1. The van der Waals surface area contributed by atoms with Crippen LogP contribution in [0.15, 0.2) is 35.9 Å². The van der Waals surface area contributed by atoms with E-state index < -0.39 is 0 Å². The molecule has 1 aromatic rings. The third-order valence-electron chi connectivity index (χ3n) is 4.27. The minimum atomic E-state index is -0.0648. The minimum Gasteiger partial charge on any atom is -0.491 e. The Morgan fingerprint density at radius 1 is 1.48 bits per heavy atom. The van der Waals surface area contributed by atoms with Crippen molar-refractivity contribution in [1.82, 2.24) is 4.90 Å². The number of nitrogens with one attached hydrogen (secondary N) is 1. The van der Waals surface area contributed by atoms with Crippen LogP contribution in [0.5, 0.6) is 5.75 Å². The van der Waals surface area contributed by atoms with Gasteiger partial charge < -0.3 is 19.7 Å². The lowest BCUT2D eigenvalue weighted by molar-refractivity contribution is 0.0680. The number of hydrogen-bond donors (Lipinski definition) is 1. The molecule has 0 saturated carbocycles. The van der Waals surface area contributed by atoms with Gasteiger partial charge in [0.2, 0.25) is 0 Å². The number of nitrogens with zero attached hydrogens (tertiary/aromatic N) is 1. The van der Waals surface area contributed by atoms with E-state index in [0.717, 1.165) is 43.9 Å². The molecule has 2 aliphatic rings. The Labute approximate surface area is 137 Å². The van der Waals surface area contributed by atoms with Crippen molar-refractivity contribution >= 4 is 11.7 Å². The maximum atomic E-state index is 12.3. The Morgan fingerprint density at radius 3 is 3.13 bits per heavy atom. The SMILES string of the molecule is CC1=CCN(C(=O)Nc2cccc(OC[C@H]3CCCO3)c2)CC1. The molecule has 0 unspecified atom stereocenters. The average Bonchev–Trinajstić information content (AvgIpc) is 3.07. The van der Waals surface area contributed by atoms with Crippen molar-refractivity contribution in [2.75, 3.05) is 31.6 Å². The van der Waals surface area contributed by atoms with Gasteiger partial charge in [-0.1, -0.05) is 17.7 Å². The predicted octanol–water partition coefficient (Wildman–Crippen LogP) is 3.43. The molecular weight excluding hydrogens is 292 g/mol. The summed E-state index contributed by atoms with van der Waals surface area (Å²) in [6.07, 6.45) is 5.39. The molecule has 124 valence electrons. The predicted molar refractivity (Wildman–Crippen MR) is 89.9 cm³/mol. The van der Waals surface area contributed by atoms with E-state index in [1.165, 1.54) is 5.57 Å². The van der Waals surface area contributed by atoms with Gasteiger partial charge in [-0.2, -0.15) is 0 Å². The van der Waals surface area contributed by atoms with E-state index in [1.807, 2.05) is 29.2 Å². The van der Waals surface area contributed by atoms with Gasteiger partial charge in [-0.05, 0) is 38.3 Å². The van der Waals surface area contributed by atoms with Crippen LogP contribution in [0.4, 0.5) is 10.5 Å². The number of hydrogen-bond acceptors (Lipinski definition) is 3. The molecule has 0 radical (unpaired) electrons. The molecule has 0 spiro atoms. The summed E-state index contributed by atoms with van der Waals surface area (Å²) in [4.78, 5) is 14.1. The quantitative estimate of drug-likeness (QED) is 0.866. The van der Waals surface area contributed by atoms with E-state index in [1.54, 1.807) is 0 Å². The van der Waals surface area contributed by atoms with Gasteiger partial charge in [-0.15, -0.1) is 0 Å². The number of rotatable bonds is 4. The molecule has 2 aliphatic heterocycles. The van der Waals surface area contributed by atoms with Crippen molar-refractivity contribution in [2.24, 2.45) is 0 Å². The third-order valence-corrected chi connectivity index (χ3v) is 4.27. The molecule has 1 aromatic carbocycles. The van der Waals surface area contributed by atoms with Crippen molar-refractivity contribution < 1.29 is 14.3 Å². The zero-order valence-electron chi connectivity index (χ0n) is 13.6. The fourth-order valence-electron chi connectivity index (χ4n) is 2.79. The molecule has 1 N–H and O–H groups in total. The van der Waals surface area contributed by atoms with E-state index in [9.17, 15) is 4.79 Å². The van der Waals surface area contributed by atoms with Crippen LogP contribution < -0.4 is 10.1 Å². The minimum absolute atomic E-state index is 0.0648. The number of benzene rings is 1. The van der Waals surface area contributed by atoms with Crippen molar-refractivity contribution in [3.05, 3.63) is 35.9 Å². The molecule has 23 heavy (non-hydrogen) atoms. The Morgan fingerprint density at radius 2 is 2.39 bits per heavy atom. The number of carbonyl (C=O) groups is 1. The summed E-state index contributed by atoms with van der Waals surface area (Å²) in [6.45, 7) is 4.93. The van der Waals surface area contributed by atoms with Crippen LogP contribution in [0.3, 0.4) is 0 Å². The summed E-state index contributed by atoms with van der Waals surface area (Å²) in [6, 6.07) is 7.46. The highest BCUT2D eigenvalue weighted by atomic mass is 16.5. The van der Waals surface area contributed by atoms with Gasteiger partial charge in [-0.25, -0.2) is 4.79 Å². The Balaban J connectivity index is 1.53. The van der Waals surface area contributed by atoms with Crippen LogP contribution in [0.25, 0.3) is 0 Å². The zero-order chi connectivity index (χ0) is 16.1. The molecule has 5 nitrogen and oxygen atoms in total. The summed E-state index contributed by atoms with van der Waals surface area (Å²) >= 11 is 0. The number of anilines is 1. The Bertz CT molecular complexity index is 579. The largest absolute Gasteiger partial charge is 0.491 e. The lowest BCUT2D eigenvalue weighted by Crippen LogP contribution is -2.37. The van der Waals surface area contributed by atoms with Crippen LogP contribution in [0.2, 0.25) is 0 Å². The van der Waals surface area contributed by atoms with Gasteiger partial charge in [0, 0.05) is 31.5 Å². The molecule has 1 saturated heterocycles. The van der Waals surface area contributed by atoms with Crippen LogP contribution in [0, 0.1) is 0 Å². The van der Waals surface area contributed by atoms with Crippen LogP contribution in [0.1, 0.15) is 26.2 Å². The Hall–Kier alpha value is -2.01. The molecule has 2 heterocycles. The van der Waals surface area contributed by atoms with Gasteiger partial charge in [0.05, 0.1) is 6.10 Å². The molecule has 1 fully saturated rings. The Kier molecular flexibility index (Phi) is 5.18. The van der Waals surface area contributed by atoms with Crippen molar-refractivity contribution in [2.45, 2.75) is 32.3 Å². The van der Waals surface area contributed by atoms with E-state index in [2.05, 4.69) is 18.3 Å². The standard InChI is InChI=1S/C18H24N2O3/c1-14-7-9-20(10-8-14)18(21)19-15-4-2-5-16(12-15)23-13-17-6-3-11-22-17/h2,4-5,7,12,17H,3,6,8-11,13H2,1H3,(H,19,21)/t17-/m1/s1.